The molecule has 0 atom stereocenters. The molecule has 98 valence electrons. The van der Waals surface area contributed by atoms with Crippen molar-refractivity contribution in [1.82, 2.24) is 10.3 Å². The van der Waals surface area contributed by atoms with Gasteiger partial charge in [-0.15, -0.1) is 0 Å². The number of aromatic nitrogens is 1. The Morgan fingerprint density at radius 3 is 2.74 bits per heavy atom. The molecule has 4 heteroatoms. The second kappa shape index (κ2) is 6.11. The highest BCUT2D eigenvalue weighted by Gasteiger charge is 2.11. The summed E-state index contributed by atoms with van der Waals surface area (Å²) < 4.78 is 0. The molecular formula is C15H17N3O. The Hall–Kier alpha value is -2.20. The van der Waals surface area contributed by atoms with Crippen molar-refractivity contribution in [3.05, 3.63) is 59.4 Å². The molecule has 0 unspecified atom stereocenters. The van der Waals surface area contributed by atoms with Crippen LogP contribution in [0.5, 0.6) is 0 Å². The van der Waals surface area contributed by atoms with Crippen LogP contribution in [0.25, 0.3) is 0 Å². The van der Waals surface area contributed by atoms with E-state index in [2.05, 4.69) is 15.6 Å². The number of carbonyl (C=O) groups is 1. The van der Waals surface area contributed by atoms with Gasteiger partial charge in [0, 0.05) is 18.4 Å². The Morgan fingerprint density at radius 2 is 2.00 bits per heavy atom. The van der Waals surface area contributed by atoms with Gasteiger partial charge in [-0.25, -0.2) is 0 Å². The number of nitrogens with one attached hydrogen (secondary N) is 2. The van der Waals surface area contributed by atoms with Crippen LogP contribution < -0.4 is 10.6 Å². The molecule has 2 N–H and O–H groups in total. The number of aryl methyl sites for hydroxylation is 1. The number of amides is 1. The maximum Gasteiger partial charge on any atom is 0.274 e. The van der Waals surface area contributed by atoms with Crippen molar-refractivity contribution < 1.29 is 4.79 Å². The van der Waals surface area contributed by atoms with Gasteiger partial charge in [0.05, 0.1) is 0 Å². The van der Waals surface area contributed by atoms with Gasteiger partial charge in [0.1, 0.15) is 5.69 Å². The Balaban J connectivity index is 2.22. The average Bonchev–Trinajstić information content (AvgIpc) is 2.41. The first-order chi connectivity index (χ1) is 9.22. The maximum absolute atomic E-state index is 12.2. The number of para-hydroxylation sites is 1. The lowest BCUT2D eigenvalue weighted by Gasteiger charge is -2.11. The summed E-state index contributed by atoms with van der Waals surface area (Å²) in [4.78, 5) is 16.3. The highest BCUT2D eigenvalue weighted by molar-refractivity contribution is 6.04. The van der Waals surface area contributed by atoms with E-state index >= 15 is 0 Å². The molecule has 2 aromatic rings. The van der Waals surface area contributed by atoms with E-state index in [9.17, 15) is 4.79 Å². The van der Waals surface area contributed by atoms with Crippen LogP contribution in [-0.4, -0.2) is 17.9 Å². The molecule has 0 aliphatic heterocycles. The minimum absolute atomic E-state index is 0.179. The van der Waals surface area contributed by atoms with Crippen LogP contribution >= 0.6 is 0 Å². The summed E-state index contributed by atoms with van der Waals surface area (Å²) in [6.45, 7) is 2.58. The molecule has 1 aromatic heterocycles. The summed E-state index contributed by atoms with van der Waals surface area (Å²) in [6, 6.07) is 11.4. The molecule has 4 nitrogen and oxygen atoms in total. The number of hydrogen-bond acceptors (Lipinski definition) is 3. The normalized spacial score (nSPS) is 10.2. The molecule has 0 bridgehead atoms. The number of anilines is 1. The van der Waals surface area contributed by atoms with E-state index < -0.39 is 0 Å². The molecule has 2 rings (SSSR count). The molecule has 0 aliphatic carbocycles. The van der Waals surface area contributed by atoms with Gasteiger partial charge < -0.3 is 10.6 Å². The molecule has 0 fully saturated rings. The number of pyridine rings is 1. The first-order valence-electron chi connectivity index (χ1n) is 6.18. The van der Waals surface area contributed by atoms with Crippen molar-refractivity contribution in [1.29, 1.82) is 0 Å². The summed E-state index contributed by atoms with van der Waals surface area (Å²) in [5.41, 5.74) is 3.19. The lowest BCUT2D eigenvalue weighted by Crippen LogP contribution is -2.17. The highest BCUT2D eigenvalue weighted by Crippen LogP contribution is 2.16. The third kappa shape index (κ3) is 3.17. The standard InChI is InChI=1S/C15H17N3O/c1-11-6-5-9-17-14(11)15(19)18-13-8-4-3-7-12(13)10-16-2/h3-9,16H,10H2,1-2H3,(H,18,19). The van der Waals surface area contributed by atoms with Crippen LogP contribution in [0.4, 0.5) is 5.69 Å². The van der Waals surface area contributed by atoms with Crippen LogP contribution in [0.3, 0.4) is 0 Å². The molecular weight excluding hydrogens is 238 g/mol. The first-order valence-corrected chi connectivity index (χ1v) is 6.18. The zero-order chi connectivity index (χ0) is 13.7. The van der Waals surface area contributed by atoms with Crippen LogP contribution in [-0.2, 0) is 6.54 Å². The summed E-state index contributed by atoms with van der Waals surface area (Å²) in [7, 11) is 1.88. The van der Waals surface area contributed by atoms with Crippen LogP contribution in [0.1, 0.15) is 21.6 Å². The molecule has 0 saturated heterocycles. The van der Waals surface area contributed by atoms with Crippen LogP contribution in [0.2, 0.25) is 0 Å². The van der Waals surface area contributed by atoms with E-state index in [-0.39, 0.29) is 5.91 Å². The van der Waals surface area contributed by atoms with Gasteiger partial charge in [-0.1, -0.05) is 24.3 Å². The zero-order valence-electron chi connectivity index (χ0n) is 11.1. The number of hydrogen-bond donors (Lipinski definition) is 2. The third-order valence-electron chi connectivity index (χ3n) is 2.86. The summed E-state index contributed by atoms with van der Waals surface area (Å²) in [5, 5.41) is 5.99. The number of nitrogens with zero attached hydrogens (tertiary/aromatic N) is 1. The van der Waals surface area contributed by atoms with Gasteiger partial charge in [-0.05, 0) is 37.2 Å². The van der Waals surface area contributed by atoms with Gasteiger partial charge in [0.15, 0.2) is 0 Å². The molecule has 1 aromatic carbocycles. The summed E-state index contributed by atoms with van der Waals surface area (Å²) >= 11 is 0. The van der Waals surface area contributed by atoms with Gasteiger partial charge in [0.25, 0.3) is 5.91 Å². The Labute approximate surface area is 112 Å². The number of carbonyl (C=O) groups excluding carboxylic acids is 1. The lowest BCUT2D eigenvalue weighted by atomic mass is 10.1. The smallest absolute Gasteiger partial charge is 0.274 e. The molecule has 19 heavy (non-hydrogen) atoms. The van der Waals surface area contributed by atoms with Crippen molar-refractivity contribution in [2.24, 2.45) is 0 Å². The Kier molecular flexibility index (Phi) is 4.26. The molecule has 0 spiro atoms. The Morgan fingerprint density at radius 1 is 1.21 bits per heavy atom. The fourth-order valence-electron chi connectivity index (χ4n) is 1.89. The lowest BCUT2D eigenvalue weighted by molar-refractivity contribution is 0.102. The molecule has 1 heterocycles. The minimum Gasteiger partial charge on any atom is -0.320 e. The van der Waals surface area contributed by atoms with Crippen LogP contribution in [0.15, 0.2) is 42.6 Å². The van der Waals surface area contributed by atoms with Crippen molar-refractivity contribution >= 4 is 11.6 Å². The van der Waals surface area contributed by atoms with Gasteiger partial charge in [-0.2, -0.15) is 0 Å². The fraction of sp³-hybridized carbons (Fsp3) is 0.200. The fourth-order valence-corrected chi connectivity index (χ4v) is 1.89. The van der Waals surface area contributed by atoms with Crippen LogP contribution in [0, 0.1) is 6.92 Å². The van der Waals surface area contributed by atoms with Crippen molar-refractivity contribution in [2.75, 3.05) is 12.4 Å². The molecule has 0 aliphatic rings. The third-order valence-corrected chi connectivity index (χ3v) is 2.86. The number of benzene rings is 1. The monoisotopic (exact) mass is 255 g/mol. The van der Waals surface area contributed by atoms with E-state index in [4.69, 9.17) is 0 Å². The van der Waals surface area contributed by atoms with E-state index in [1.165, 1.54) is 0 Å². The second-order valence-corrected chi connectivity index (χ2v) is 4.31. The number of rotatable bonds is 4. The summed E-state index contributed by atoms with van der Waals surface area (Å²) in [6.07, 6.45) is 1.63. The quantitative estimate of drug-likeness (QED) is 0.881. The zero-order valence-corrected chi connectivity index (χ0v) is 11.1. The topological polar surface area (TPSA) is 54.0 Å². The SMILES string of the molecule is CNCc1ccccc1NC(=O)c1ncccc1C. The highest BCUT2D eigenvalue weighted by atomic mass is 16.1. The summed E-state index contributed by atoms with van der Waals surface area (Å²) in [5.74, 6) is -0.179. The molecule has 0 saturated carbocycles. The second-order valence-electron chi connectivity index (χ2n) is 4.31. The minimum atomic E-state index is -0.179. The Bertz CT molecular complexity index is 581. The van der Waals surface area contributed by atoms with E-state index in [0.29, 0.717) is 12.2 Å². The van der Waals surface area contributed by atoms with Crippen molar-refractivity contribution in [2.45, 2.75) is 13.5 Å². The largest absolute Gasteiger partial charge is 0.320 e. The molecule has 1 amide bonds. The van der Waals surface area contributed by atoms with Gasteiger partial charge in [0.2, 0.25) is 0 Å². The first kappa shape index (κ1) is 13.2. The predicted molar refractivity (Wildman–Crippen MR) is 76.1 cm³/mol. The van der Waals surface area contributed by atoms with Gasteiger partial charge >= 0.3 is 0 Å². The van der Waals surface area contributed by atoms with Crippen molar-refractivity contribution in [3.63, 3.8) is 0 Å². The predicted octanol–water partition coefficient (Wildman–Crippen LogP) is 2.36. The maximum atomic E-state index is 12.2. The van der Waals surface area contributed by atoms with E-state index in [1.807, 2.05) is 50.4 Å². The van der Waals surface area contributed by atoms with E-state index in [0.717, 1.165) is 16.8 Å². The van der Waals surface area contributed by atoms with Gasteiger partial charge in [-0.3, -0.25) is 9.78 Å². The average molecular weight is 255 g/mol. The van der Waals surface area contributed by atoms with Crippen molar-refractivity contribution in [3.8, 4) is 0 Å². The van der Waals surface area contributed by atoms with E-state index in [1.54, 1.807) is 6.20 Å². The molecule has 0 radical (unpaired) electrons.